The van der Waals surface area contributed by atoms with Gasteiger partial charge < -0.3 is 21.3 Å². The molecule has 1 amide bonds. The van der Waals surface area contributed by atoms with Crippen molar-refractivity contribution in [1.29, 1.82) is 0 Å². The van der Waals surface area contributed by atoms with E-state index in [1.165, 1.54) is 18.6 Å². The van der Waals surface area contributed by atoms with Crippen LogP contribution in [0, 0.1) is 0 Å². The van der Waals surface area contributed by atoms with Crippen LogP contribution < -0.4 is 16.6 Å². The molecule has 0 bridgehead atoms. The van der Waals surface area contributed by atoms with Crippen LogP contribution in [-0.2, 0) is 9.59 Å². The van der Waals surface area contributed by atoms with Crippen molar-refractivity contribution in [2.45, 2.75) is 18.9 Å². The fourth-order valence-corrected chi connectivity index (χ4v) is 2.98. The zero-order chi connectivity index (χ0) is 22.5. The fraction of sp³-hybridized carbons (Fsp3) is 0.188. The Balaban J connectivity index is 1.71. The number of nitrogens with one attached hydrogen (secondary N) is 2. The highest BCUT2D eigenvalue weighted by Gasteiger charge is 2.23. The van der Waals surface area contributed by atoms with Gasteiger partial charge in [-0.15, -0.1) is 0 Å². The van der Waals surface area contributed by atoms with E-state index in [4.69, 9.17) is 15.9 Å². The number of hydrogen-bond acceptors (Lipinski definition) is 11. The lowest BCUT2D eigenvalue weighted by atomic mass is 10.1. The first-order valence-electron chi connectivity index (χ1n) is 8.51. The average molecular weight is 446 g/mol. The van der Waals surface area contributed by atoms with Crippen LogP contribution in [0.5, 0.6) is 0 Å². The van der Waals surface area contributed by atoms with Gasteiger partial charge in [0.05, 0.1) is 18.6 Å². The maximum Gasteiger partial charge on any atom is 0.326 e. The fourth-order valence-electron chi connectivity index (χ4n) is 2.32. The number of aliphatic imine (C=N–C) groups is 1. The average Bonchev–Trinajstić information content (AvgIpc) is 3.18. The largest absolute Gasteiger partial charge is 0.481 e. The number of nitrogens with two attached hydrogens (primary N) is 1. The molecule has 3 heterocycles. The zero-order valence-electron chi connectivity index (χ0n) is 15.5. The number of amides is 1. The molecule has 15 heteroatoms. The molecule has 3 aromatic heterocycles. The normalized spacial score (nSPS) is 12.1. The first-order valence-corrected chi connectivity index (χ1v) is 9.32. The van der Waals surface area contributed by atoms with E-state index < -0.39 is 35.9 Å². The van der Waals surface area contributed by atoms with Crippen LogP contribution in [0.15, 0.2) is 22.2 Å². The summed E-state index contributed by atoms with van der Waals surface area (Å²) in [4.78, 5) is 68.1. The number of carbonyl (C=O) groups excluding carboxylic acids is 1. The summed E-state index contributed by atoms with van der Waals surface area (Å²) in [5.74, 6) is -3.39. The highest BCUT2D eigenvalue weighted by Crippen LogP contribution is 2.22. The van der Waals surface area contributed by atoms with Crippen molar-refractivity contribution >= 4 is 57.5 Å². The number of aliphatic carboxylic acids is 2. The monoisotopic (exact) mass is 446 g/mol. The first kappa shape index (κ1) is 21.4. The van der Waals surface area contributed by atoms with E-state index in [1.807, 2.05) is 0 Å². The molecule has 160 valence electrons. The van der Waals surface area contributed by atoms with Gasteiger partial charge in [-0.2, -0.15) is 4.98 Å². The number of carboxylic acids is 2. The Bertz CT molecular complexity index is 1250. The Morgan fingerprint density at radius 2 is 2.03 bits per heavy atom. The van der Waals surface area contributed by atoms with Gasteiger partial charge in [-0.25, -0.2) is 24.7 Å². The van der Waals surface area contributed by atoms with Crippen molar-refractivity contribution in [2.24, 2.45) is 4.99 Å². The number of nitrogen functional groups attached to an aromatic ring is 1. The van der Waals surface area contributed by atoms with Crippen molar-refractivity contribution in [1.82, 2.24) is 30.2 Å². The maximum atomic E-state index is 12.2. The molecule has 0 saturated carbocycles. The minimum atomic E-state index is -1.37. The van der Waals surface area contributed by atoms with Gasteiger partial charge in [0, 0.05) is 6.42 Å². The molecule has 1 unspecified atom stereocenters. The van der Waals surface area contributed by atoms with Crippen LogP contribution in [0.4, 0.5) is 10.9 Å². The van der Waals surface area contributed by atoms with E-state index in [-0.39, 0.29) is 34.2 Å². The smallest absolute Gasteiger partial charge is 0.326 e. The van der Waals surface area contributed by atoms with E-state index >= 15 is 0 Å². The van der Waals surface area contributed by atoms with Gasteiger partial charge in [0.15, 0.2) is 16.2 Å². The summed E-state index contributed by atoms with van der Waals surface area (Å²) < 4.78 is 0. The third-order valence-corrected chi connectivity index (χ3v) is 4.62. The molecule has 0 spiro atoms. The third kappa shape index (κ3) is 5.41. The Hall–Kier alpha value is -4.27. The summed E-state index contributed by atoms with van der Waals surface area (Å²) in [5.41, 5.74) is 5.18. The maximum absolute atomic E-state index is 12.2. The number of anilines is 1. The second-order valence-electron chi connectivity index (χ2n) is 5.98. The molecular formula is C16H14N8O6S. The molecule has 31 heavy (non-hydrogen) atoms. The molecule has 0 saturated heterocycles. The van der Waals surface area contributed by atoms with Crippen LogP contribution in [0.1, 0.15) is 28.3 Å². The Kier molecular flexibility index (Phi) is 6.25. The number of H-pyrrole nitrogens is 1. The number of hydrogen-bond donors (Lipinski definition) is 5. The predicted molar refractivity (Wildman–Crippen MR) is 107 cm³/mol. The topological polar surface area (TPSA) is 226 Å². The molecule has 1 atom stereocenters. The van der Waals surface area contributed by atoms with E-state index in [0.717, 1.165) is 11.3 Å². The van der Waals surface area contributed by atoms with Crippen LogP contribution in [0.25, 0.3) is 11.2 Å². The van der Waals surface area contributed by atoms with Gasteiger partial charge in [-0.3, -0.25) is 19.4 Å². The Morgan fingerprint density at radius 3 is 2.74 bits per heavy atom. The molecule has 6 N–H and O–H groups in total. The standard InChI is InChI=1S/C16H14N8O6S/c17-16-23-11-10(12(27)24-16)21-6(4-19-11)3-18-8-5-20-14(31-8)13(28)22-7(15(29)30)1-2-9(25)26/h3-5,7H,1-2H2,(H,22,28)(H,25,26)(H,29,30)(H3,17,19,23,24,27). The van der Waals surface area contributed by atoms with E-state index in [1.54, 1.807) is 0 Å². The Morgan fingerprint density at radius 1 is 1.26 bits per heavy atom. The minimum Gasteiger partial charge on any atom is -0.481 e. The number of aromatic nitrogens is 5. The van der Waals surface area contributed by atoms with E-state index in [0.29, 0.717) is 5.00 Å². The molecule has 0 aliphatic carbocycles. The predicted octanol–water partition coefficient (Wildman–Crippen LogP) is -0.450. The Labute approximate surface area is 175 Å². The van der Waals surface area contributed by atoms with Crippen LogP contribution in [0.3, 0.4) is 0 Å². The third-order valence-electron chi connectivity index (χ3n) is 3.72. The second kappa shape index (κ2) is 9.04. The summed E-state index contributed by atoms with van der Waals surface area (Å²) >= 11 is 0.872. The minimum absolute atomic E-state index is 0.0244. The highest BCUT2D eigenvalue weighted by atomic mass is 32.1. The zero-order valence-corrected chi connectivity index (χ0v) is 16.3. The number of nitrogens with zero attached hydrogens (tertiary/aromatic N) is 5. The molecule has 0 radical (unpaired) electrons. The summed E-state index contributed by atoms with van der Waals surface area (Å²) in [6, 6.07) is -1.37. The van der Waals surface area contributed by atoms with Crippen molar-refractivity contribution in [3.63, 3.8) is 0 Å². The molecular weight excluding hydrogens is 432 g/mol. The van der Waals surface area contributed by atoms with Gasteiger partial charge in [-0.05, 0) is 6.42 Å². The number of aromatic amines is 1. The van der Waals surface area contributed by atoms with Gasteiger partial charge in [0.2, 0.25) is 5.95 Å². The van der Waals surface area contributed by atoms with Crippen molar-refractivity contribution in [3.8, 4) is 0 Å². The summed E-state index contributed by atoms with van der Waals surface area (Å²) in [6.07, 6.45) is 3.22. The summed E-state index contributed by atoms with van der Waals surface area (Å²) in [6.45, 7) is 0. The molecule has 3 aromatic rings. The molecule has 0 aliphatic heterocycles. The number of thiazole rings is 1. The van der Waals surface area contributed by atoms with Crippen molar-refractivity contribution in [3.05, 3.63) is 33.4 Å². The van der Waals surface area contributed by atoms with Crippen molar-refractivity contribution < 1.29 is 24.6 Å². The van der Waals surface area contributed by atoms with E-state index in [2.05, 4.69) is 35.2 Å². The summed E-state index contributed by atoms with van der Waals surface area (Å²) in [7, 11) is 0. The van der Waals surface area contributed by atoms with Crippen LogP contribution in [0.2, 0.25) is 0 Å². The van der Waals surface area contributed by atoms with Crippen molar-refractivity contribution in [2.75, 3.05) is 5.73 Å². The SMILES string of the molecule is Nc1nc2ncc(C=Nc3cnc(C(=O)NC(CCC(=O)O)C(=O)O)s3)nc2c(=O)[nH]1. The molecule has 0 fully saturated rings. The number of carbonyl (C=O) groups is 3. The van der Waals surface area contributed by atoms with Gasteiger partial charge >= 0.3 is 11.9 Å². The summed E-state index contributed by atoms with van der Waals surface area (Å²) in [5, 5.41) is 20.2. The van der Waals surface area contributed by atoms with E-state index in [9.17, 15) is 19.2 Å². The first-order chi connectivity index (χ1) is 14.7. The molecule has 0 aliphatic rings. The molecule has 14 nitrogen and oxygen atoms in total. The van der Waals surface area contributed by atoms with Gasteiger partial charge in [0.1, 0.15) is 16.7 Å². The van der Waals surface area contributed by atoms with Gasteiger partial charge in [-0.1, -0.05) is 11.3 Å². The lowest BCUT2D eigenvalue weighted by molar-refractivity contribution is -0.140. The quantitative estimate of drug-likeness (QED) is 0.278. The number of rotatable bonds is 8. The molecule has 3 rings (SSSR count). The molecule has 0 aromatic carbocycles. The lowest BCUT2D eigenvalue weighted by Gasteiger charge is -2.11. The highest BCUT2D eigenvalue weighted by molar-refractivity contribution is 7.17. The second-order valence-corrected chi connectivity index (χ2v) is 6.99. The lowest BCUT2D eigenvalue weighted by Crippen LogP contribution is -2.41. The van der Waals surface area contributed by atoms with Gasteiger partial charge in [0.25, 0.3) is 11.5 Å². The van der Waals surface area contributed by atoms with Crippen LogP contribution in [-0.4, -0.2) is 65.2 Å². The van der Waals surface area contributed by atoms with Crippen LogP contribution >= 0.6 is 11.3 Å². The number of fused-ring (bicyclic) bond motifs is 1. The number of carboxylic acid groups (broad SMARTS) is 2.